The van der Waals surface area contributed by atoms with E-state index in [0.29, 0.717) is 56.7 Å². The van der Waals surface area contributed by atoms with Gasteiger partial charge >= 0.3 is 12.1 Å². The lowest BCUT2D eigenvalue weighted by Crippen LogP contribution is -2.61. The van der Waals surface area contributed by atoms with Crippen LogP contribution in [0.25, 0.3) is 11.3 Å². The number of rotatable bonds is 11. The van der Waals surface area contributed by atoms with Crippen molar-refractivity contribution in [3.8, 4) is 11.3 Å². The van der Waals surface area contributed by atoms with Crippen molar-refractivity contribution in [2.75, 3.05) is 40.0 Å². The molecule has 16 nitrogen and oxygen atoms in total. The second-order valence-corrected chi connectivity index (χ2v) is 17.5. The van der Waals surface area contributed by atoms with E-state index in [2.05, 4.69) is 15.6 Å². The molecule has 1 aromatic heterocycles. The van der Waals surface area contributed by atoms with Crippen molar-refractivity contribution >= 4 is 23.5 Å². The number of likely N-dealkylation sites (N-methyl/N-ethyl adjacent to an activating group) is 1. The van der Waals surface area contributed by atoms with E-state index in [0.717, 1.165) is 12.5 Å². The van der Waals surface area contributed by atoms with Gasteiger partial charge in [-0.3, -0.25) is 14.4 Å². The number of esters is 1. The van der Waals surface area contributed by atoms with Crippen molar-refractivity contribution in [2.45, 2.75) is 159 Å². The minimum Gasteiger partial charge on any atom is -0.455 e. The summed E-state index contributed by atoms with van der Waals surface area (Å²) >= 11 is 0. The number of Topliss-reactive ketones (excluding diaryl/α,β-unsaturated/α-hetero) is 1. The summed E-state index contributed by atoms with van der Waals surface area (Å²) in [7, 11) is 5.19. The number of amides is 1. The average Bonchev–Trinajstić information content (AvgIpc) is 3.76. The number of aryl methyl sites for hydroxylation is 1. The molecule has 17 heteroatoms. The van der Waals surface area contributed by atoms with Gasteiger partial charge in [-0.05, 0) is 105 Å². The van der Waals surface area contributed by atoms with Gasteiger partial charge in [0.25, 0.3) is 5.67 Å². The summed E-state index contributed by atoms with van der Waals surface area (Å²) in [6.07, 6.45) is -1.74. The van der Waals surface area contributed by atoms with Gasteiger partial charge in [0, 0.05) is 50.0 Å². The summed E-state index contributed by atoms with van der Waals surface area (Å²) in [5.41, 5.74) is 2.43. The molecule has 0 aliphatic carbocycles. The van der Waals surface area contributed by atoms with Gasteiger partial charge in [0.1, 0.15) is 17.9 Å². The molecule has 3 aliphatic heterocycles. The zero-order valence-corrected chi connectivity index (χ0v) is 36.4. The van der Waals surface area contributed by atoms with Gasteiger partial charge in [0.15, 0.2) is 17.7 Å². The van der Waals surface area contributed by atoms with E-state index in [-0.39, 0.29) is 24.5 Å². The van der Waals surface area contributed by atoms with Crippen LogP contribution in [0, 0.1) is 5.92 Å². The van der Waals surface area contributed by atoms with Crippen LogP contribution >= 0.6 is 0 Å². The highest BCUT2D eigenvalue weighted by molar-refractivity contribution is 6.07. The van der Waals surface area contributed by atoms with Crippen molar-refractivity contribution in [1.29, 1.82) is 0 Å². The van der Waals surface area contributed by atoms with Crippen molar-refractivity contribution in [1.82, 2.24) is 30.1 Å². The number of cyclic esters (lactones) is 1. The number of nitrogen functional groups attached to an aromatic ring is 1. The molecule has 4 N–H and O–H groups in total. The van der Waals surface area contributed by atoms with Crippen LogP contribution in [-0.4, -0.2) is 148 Å². The molecule has 1 amide bonds. The fraction of sp³-hybridized carbons (Fsp3) is 0.738. The minimum absolute atomic E-state index is 0.103. The third kappa shape index (κ3) is 10.2. The van der Waals surface area contributed by atoms with Gasteiger partial charge in [-0.25, -0.2) is 14.0 Å². The highest BCUT2D eigenvalue weighted by Gasteiger charge is 2.59. The van der Waals surface area contributed by atoms with Crippen LogP contribution in [0.2, 0.25) is 0 Å². The average molecular weight is 832 g/mol. The number of nitrogens with two attached hydrogens (primary N) is 1. The lowest BCUT2D eigenvalue weighted by Gasteiger charge is -2.45. The number of carbonyl (C=O) groups excluding carboxylic acids is 3. The quantitative estimate of drug-likeness (QED) is 0.127. The number of aromatic nitrogens is 3. The Hall–Kier alpha value is -3.74. The molecule has 330 valence electrons. The Morgan fingerprint density at radius 1 is 1.12 bits per heavy atom. The summed E-state index contributed by atoms with van der Waals surface area (Å²) in [6, 6.07) is 6.08. The van der Waals surface area contributed by atoms with Crippen LogP contribution in [0.3, 0.4) is 0 Å². The number of methoxy groups -OCH3 is 1. The number of fused-ring (bicyclic) bond motifs is 1. The van der Waals surface area contributed by atoms with Gasteiger partial charge < -0.3 is 44.7 Å². The lowest BCUT2D eigenvalue weighted by molar-refractivity contribution is -0.289. The third-order valence-electron chi connectivity index (χ3n) is 12.5. The van der Waals surface area contributed by atoms with Gasteiger partial charge in [-0.1, -0.05) is 31.2 Å². The summed E-state index contributed by atoms with van der Waals surface area (Å²) in [5, 5.41) is 23.5. The standard InChI is InChI=1S/C42H66FN7O9/c1-11-33-42(7)36(50(39(54)59-42)18-13-12-17-49-24-30(46-47-49)28-15-14-16-29(44)20-28)27(4)45-23-25(2)22-40(5,55-10)34(21-32(51)41(6,43)38(53)58-33)57-37-35(52)31(48(8)9)19-26(3)56-37/h14-16,20,24-27,31,33-37,45,52H,11-13,17-19,21-23,44H2,1-10H3/t25-,26?,27-,31?,33-,34-,35?,36-,37+,40-,41?,42-/m1/s1. The van der Waals surface area contributed by atoms with Crippen LogP contribution in [0.5, 0.6) is 0 Å². The lowest BCUT2D eigenvalue weighted by atomic mass is 9.83. The molecule has 0 spiro atoms. The molecule has 0 radical (unpaired) electrons. The number of aliphatic hydroxyl groups excluding tert-OH is 1. The van der Waals surface area contributed by atoms with Crippen molar-refractivity contribution in [3.05, 3.63) is 30.5 Å². The summed E-state index contributed by atoms with van der Waals surface area (Å²) in [4.78, 5) is 45.1. The van der Waals surface area contributed by atoms with Gasteiger partial charge in [0.2, 0.25) is 0 Å². The number of hydrogen-bond acceptors (Lipinski definition) is 14. The summed E-state index contributed by atoms with van der Waals surface area (Å²) in [5.74, 6) is -2.58. The number of nitrogens with zero attached hydrogens (tertiary/aromatic N) is 5. The Labute approximate surface area is 347 Å². The molecular weight excluding hydrogens is 765 g/mol. The van der Waals surface area contributed by atoms with Gasteiger partial charge in [-0.15, -0.1) is 5.10 Å². The Morgan fingerprint density at radius 2 is 1.83 bits per heavy atom. The fourth-order valence-corrected chi connectivity index (χ4v) is 8.93. The zero-order chi connectivity index (χ0) is 43.4. The number of nitrogens with one attached hydrogen (secondary N) is 1. The molecule has 3 fully saturated rings. The number of ketones is 1. The van der Waals surface area contributed by atoms with Crippen LogP contribution in [-0.2, 0) is 39.8 Å². The van der Waals surface area contributed by atoms with E-state index in [4.69, 9.17) is 29.4 Å². The van der Waals surface area contributed by atoms with E-state index >= 15 is 4.39 Å². The maximum atomic E-state index is 16.7. The normalized spacial score (nSPS) is 36.5. The van der Waals surface area contributed by atoms with Crippen LogP contribution in [0.1, 0.15) is 87.0 Å². The van der Waals surface area contributed by atoms with Crippen LogP contribution in [0.15, 0.2) is 30.5 Å². The van der Waals surface area contributed by atoms with E-state index in [1.165, 1.54) is 7.11 Å². The Morgan fingerprint density at radius 3 is 2.49 bits per heavy atom. The number of alkyl halides is 1. The SMILES string of the molecule is CC[C@H]1OC(=O)C(C)(F)C(=O)C[C@@H](O[C@@H]2OC(C)CC(N(C)C)C2O)[C@](C)(OC)C[C@@H](C)CN[C@H](C)[C@H]2N(CCCCn3cc(-c4cccc(N)c4)nn3)C(=O)O[C@]12C. The number of benzene rings is 1. The number of ether oxygens (including phenoxy) is 5. The largest absolute Gasteiger partial charge is 0.455 e. The summed E-state index contributed by atoms with van der Waals surface area (Å²) in [6.45, 7) is 13.3. The van der Waals surface area contributed by atoms with Crippen LogP contribution in [0.4, 0.5) is 14.9 Å². The third-order valence-corrected chi connectivity index (χ3v) is 12.5. The number of halogens is 1. The first-order valence-corrected chi connectivity index (χ1v) is 20.9. The predicted octanol–water partition coefficient (Wildman–Crippen LogP) is 4.13. The predicted molar refractivity (Wildman–Crippen MR) is 218 cm³/mol. The molecule has 4 heterocycles. The number of carbonyl (C=O) groups is 3. The monoisotopic (exact) mass is 831 g/mol. The topological polar surface area (TPSA) is 193 Å². The molecule has 1 aromatic carbocycles. The summed E-state index contributed by atoms with van der Waals surface area (Å²) < 4.78 is 49.0. The molecule has 4 unspecified atom stereocenters. The smallest absolute Gasteiger partial charge is 0.410 e. The molecule has 3 saturated heterocycles. The van der Waals surface area contributed by atoms with Crippen molar-refractivity contribution < 1.29 is 47.6 Å². The Balaban J connectivity index is 1.38. The number of hydrogen-bond donors (Lipinski definition) is 3. The Kier molecular flexibility index (Phi) is 14.8. The fourth-order valence-electron chi connectivity index (χ4n) is 8.93. The van der Waals surface area contributed by atoms with Gasteiger partial charge in [-0.2, -0.15) is 0 Å². The Bertz CT molecular complexity index is 1760. The minimum atomic E-state index is -3.10. The van der Waals surface area contributed by atoms with Crippen molar-refractivity contribution in [3.63, 3.8) is 0 Å². The first kappa shape index (κ1) is 46.3. The molecule has 3 aliphatic rings. The zero-order valence-electron chi connectivity index (χ0n) is 36.4. The first-order chi connectivity index (χ1) is 27.7. The van der Waals surface area contributed by atoms with E-state index in [1.54, 1.807) is 36.4 Å². The second-order valence-electron chi connectivity index (χ2n) is 17.5. The first-order valence-electron chi connectivity index (χ1n) is 20.9. The number of anilines is 1. The maximum Gasteiger partial charge on any atom is 0.410 e. The molecule has 2 aromatic rings. The number of aliphatic hydroxyl groups is 1. The molecule has 5 rings (SSSR count). The highest BCUT2D eigenvalue weighted by Crippen LogP contribution is 2.40. The molecule has 59 heavy (non-hydrogen) atoms. The van der Waals surface area contributed by atoms with E-state index in [9.17, 15) is 19.5 Å². The highest BCUT2D eigenvalue weighted by atomic mass is 19.1. The van der Waals surface area contributed by atoms with Crippen molar-refractivity contribution in [2.24, 2.45) is 5.92 Å². The molecule has 0 bridgehead atoms. The van der Waals surface area contributed by atoms with Gasteiger partial charge in [0.05, 0.1) is 30.0 Å². The molecular formula is C42H66FN7O9. The molecule has 0 saturated carbocycles. The second kappa shape index (κ2) is 18.9. The number of unbranched alkanes of at least 4 members (excludes halogenated alkanes) is 1. The molecule has 12 atom stereocenters. The van der Waals surface area contributed by atoms with Crippen LogP contribution < -0.4 is 11.1 Å². The maximum absolute atomic E-state index is 16.7. The van der Waals surface area contributed by atoms with E-state index < -0.39 is 77.8 Å². The van der Waals surface area contributed by atoms with E-state index in [1.807, 2.05) is 64.2 Å².